The van der Waals surface area contributed by atoms with Gasteiger partial charge in [0.05, 0.1) is 6.54 Å². The lowest BCUT2D eigenvalue weighted by Gasteiger charge is -2.09. The first-order chi connectivity index (χ1) is 9.95. The first-order valence-corrected chi connectivity index (χ1v) is 7.47. The number of hydrogen-bond acceptors (Lipinski definition) is 3. The first-order valence-electron chi connectivity index (χ1n) is 7.47. The monoisotopic (exact) mass is 287 g/mol. The van der Waals surface area contributed by atoms with E-state index < -0.39 is 0 Å². The fourth-order valence-corrected chi connectivity index (χ4v) is 2.24. The average molecular weight is 287 g/mol. The Morgan fingerprint density at radius 3 is 2.57 bits per heavy atom. The van der Waals surface area contributed by atoms with Crippen molar-refractivity contribution in [3.63, 3.8) is 0 Å². The van der Waals surface area contributed by atoms with Crippen LogP contribution < -0.4 is 10.1 Å². The van der Waals surface area contributed by atoms with Crippen molar-refractivity contribution < 1.29 is 9.15 Å². The molecule has 0 radical (unpaired) electrons. The highest BCUT2D eigenvalue weighted by atomic mass is 16.5. The van der Waals surface area contributed by atoms with Crippen molar-refractivity contribution in [3.8, 4) is 5.75 Å². The molecule has 2 rings (SSSR count). The van der Waals surface area contributed by atoms with Crippen LogP contribution in [-0.4, -0.2) is 6.04 Å². The van der Waals surface area contributed by atoms with Gasteiger partial charge in [-0.25, -0.2) is 0 Å². The fourth-order valence-electron chi connectivity index (χ4n) is 2.24. The SMILES string of the molecule is Cc1ccc(OCc2cc(CNC(C)C)oc2C)c(C)c1. The Labute approximate surface area is 127 Å². The van der Waals surface area contributed by atoms with Gasteiger partial charge >= 0.3 is 0 Å². The van der Waals surface area contributed by atoms with E-state index in [9.17, 15) is 0 Å². The Bertz CT molecular complexity index is 599. The second kappa shape index (κ2) is 6.81. The maximum atomic E-state index is 5.92. The lowest BCUT2D eigenvalue weighted by molar-refractivity contribution is 0.301. The molecule has 0 fully saturated rings. The molecule has 1 N–H and O–H groups in total. The largest absolute Gasteiger partial charge is 0.489 e. The highest BCUT2D eigenvalue weighted by molar-refractivity contribution is 5.36. The predicted molar refractivity (Wildman–Crippen MR) is 85.7 cm³/mol. The van der Waals surface area contributed by atoms with E-state index in [1.54, 1.807) is 0 Å². The summed E-state index contributed by atoms with van der Waals surface area (Å²) in [6, 6.07) is 8.76. The molecule has 0 bridgehead atoms. The van der Waals surface area contributed by atoms with Crippen molar-refractivity contribution in [1.29, 1.82) is 0 Å². The van der Waals surface area contributed by atoms with Gasteiger partial charge in [0.25, 0.3) is 0 Å². The lowest BCUT2D eigenvalue weighted by Crippen LogP contribution is -2.21. The zero-order chi connectivity index (χ0) is 15.4. The summed E-state index contributed by atoms with van der Waals surface area (Å²) in [5.41, 5.74) is 3.52. The minimum atomic E-state index is 0.449. The fraction of sp³-hybridized carbons (Fsp3) is 0.444. The van der Waals surface area contributed by atoms with E-state index in [1.165, 1.54) is 5.56 Å². The topological polar surface area (TPSA) is 34.4 Å². The second-order valence-corrected chi connectivity index (χ2v) is 5.89. The molecule has 0 aliphatic heterocycles. The molecule has 0 saturated carbocycles. The van der Waals surface area contributed by atoms with E-state index in [0.29, 0.717) is 12.6 Å². The standard InChI is InChI=1S/C18H25NO2/c1-12(2)19-10-17-9-16(15(5)21-17)11-20-18-7-6-13(3)8-14(18)4/h6-9,12,19H,10-11H2,1-5H3. The summed E-state index contributed by atoms with van der Waals surface area (Å²) >= 11 is 0. The number of aryl methyl sites for hydroxylation is 3. The summed E-state index contributed by atoms with van der Waals surface area (Å²) in [5.74, 6) is 2.82. The van der Waals surface area contributed by atoms with Crippen molar-refractivity contribution in [3.05, 3.63) is 52.5 Å². The normalized spacial score (nSPS) is 11.1. The van der Waals surface area contributed by atoms with Crippen LogP contribution in [0.3, 0.4) is 0 Å². The third kappa shape index (κ3) is 4.36. The molecule has 0 saturated heterocycles. The van der Waals surface area contributed by atoms with Crippen LogP contribution in [0.15, 0.2) is 28.7 Å². The van der Waals surface area contributed by atoms with Crippen LogP contribution in [0.25, 0.3) is 0 Å². The van der Waals surface area contributed by atoms with Crippen molar-refractivity contribution in [2.24, 2.45) is 0 Å². The van der Waals surface area contributed by atoms with Crippen LogP contribution in [-0.2, 0) is 13.2 Å². The molecule has 3 nitrogen and oxygen atoms in total. The van der Waals surface area contributed by atoms with E-state index in [-0.39, 0.29) is 0 Å². The molecule has 2 aromatic rings. The van der Waals surface area contributed by atoms with Gasteiger partial charge in [-0.3, -0.25) is 0 Å². The van der Waals surface area contributed by atoms with Crippen LogP contribution in [0.4, 0.5) is 0 Å². The van der Waals surface area contributed by atoms with Gasteiger partial charge < -0.3 is 14.5 Å². The smallest absolute Gasteiger partial charge is 0.122 e. The average Bonchev–Trinajstić information content (AvgIpc) is 2.76. The first kappa shape index (κ1) is 15.6. The van der Waals surface area contributed by atoms with E-state index in [2.05, 4.69) is 51.2 Å². The Hall–Kier alpha value is -1.74. The van der Waals surface area contributed by atoms with Crippen LogP contribution in [0.2, 0.25) is 0 Å². The summed E-state index contributed by atoms with van der Waals surface area (Å²) in [4.78, 5) is 0. The maximum absolute atomic E-state index is 5.92. The molecule has 0 spiro atoms. The summed E-state index contributed by atoms with van der Waals surface area (Å²) in [6.45, 7) is 11.7. The molecule has 0 atom stereocenters. The molecule has 1 aromatic carbocycles. The predicted octanol–water partition coefficient (Wildman–Crippen LogP) is 4.28. The van der Waals surface area contributed by atoms with Crippen LogP contribution in [0.5, 0.6) is 5.75 Å². The van der Waals surface area contributed by atoms with Gasteiger partial charge in [-0.15, -0.1) is 0 Å². The summed E-state index contributed by atoms with van der Waals surface area (Å²) < 4.78 is 11.7. The van der Waals surface area contributed by atoms with E-state index >= 15 is 0 Å². The molecule has 1 aromatic heterocycles. The number of nitrogens with one attached hydrogen (secondary N) is 1. The van der Waals surface area contributed by atoms with Crippen molar-refractivity contribution in [2.75, 3.05) is 0 Å². The van der Waals surface area contributed by atoms with Gasteiger partial charge in [0.2, 0.25) is 0 Å². The number of ether oxygens (including phenoxy) is 1. The van der Waals surface area contributed by atoms with E-state index in [1.807, 2.05) is 13.0 Å². The van der Waals surface area contributed by atoms with Crippen LogP contribution in [0.1, 0.15) is 42.1 Å². The molecule has 3 heteroatoms. The Balaban J connectivity index is 1.99. The van der Waals surface area contributed by atoms with Crippen LogP contribution >= 0.6 is 0 Å². The highest BCUT2D eigenvalue weighted by Gasteiger charge is 2.09. The Kier molecular flexibility index (Phi) is 5.07. The molecular weight excluding hydrogens is 262 g/mol. The molecule has 114 valence electrons. The molecule has 0 aliphatic carbocycles. The Morgan fingerprint density at radius 2 is 1.90 bits per heavy atom. The van der Waals surface area contributed by atoms with Crippen molar-refractivity contribution in [2.45, 2.75) is 53.8 Å². The van der Waals surface area contributed by atoms with E-state index in [0.717, 1.165) is 34.9 Å². The highest BCUT2D eigenvalue weighted by Crippen LogP contribution is 2.22. The summed E-state index contributed by atoms with van der Waals surface area (Å²) in [5, 5.41) is 3.36. The number of hydrogen-bond donors (Lipinski definition) is 1. The minimum absolute atomic E-state index is 0.449. The molecule has 1 heterocycles. The van der Waals surface area contributed by atoms with Gasteiger partial charge in [-0.1, -0.05) is 31.5 Å². The van der Waals surface area contributed by atoms with Crippen LogP contribution in [0, 0.1) is 20.8 Å². The molecular formula is C18H25NO2. The molecule has 0 aliphatic rings. The zero-order valence-electron chi connectivity index (χ0n) is 13.6. The lowest BCUT2D eigenvalue weighted by atomic mass is 10.1. The van der Waals surface area contributed by atoms with Gasteiger partial charge in [-0.05, 0) is 38.5 Å². The van der Waals surface area contributed by atoms with Gasteiger partial charge in [0.1, 0.15) is 23.9 Å². The van der Waals surface area contributed by atoms with Crippen molar-refractivity contribution in [1.82, 2.24) is 5.32 Å². The Morgan fingerprint density at radius 1 is 1.14 bits per heavy atom. The van der Waals surface area contributed by atoms with E-state index in [4.69, 9.17) is 9.15 Å². The van der Waals surface area contributed by atoms with Gasteiger partial charge in [0.15, 0.2) is 0 Å². The quantitative estimate of drug-likeness (QED) is 0.861. The zero-order valence-corrected chi connectivity index (χ0v) is 13.6. The van der Waals surface area contributed by atoms with Crippen molar-refractivity contribution >= 4 is 0 Å². The van der Waals surface area contributed by atoms with Gasteiger partial charge in [0, 0.05) is 11.6 Å². The molecule has 0 unspecified atom stereocenters. The number of benzene rings is 1. The minimum Gasteiger partial charge on any atom is -0.489 e. The third-order valence-electron chi connectivity index (χ3n) is 3.47. The summed E-state index contributed by atoms with van der Waals surface area (Å²) in [7, 11) is 0. The molecule has 0 amide bonds. The van der Waals surface area contributed by atoms with Gasteiger partial charge in [-0.2, -0.15) is 0 Å². The molecule has 21 heavy (non-hydrogen) atoms. The number of furan rings is 1. The third-order valence-corrected chi connectivity index (χ3v) is 3.47. The number of rotatable bonds is 6. The maximum Gasteiger partial charge on any atom is 0.122 e. The summed E-state index contributed by atoms with van der Waals surface area (Å²) in [6.07, 6.45) is 0. The second-order valence-electron chi connectivity index (χ2n) is 5.89.